The number of amides is 1. The number of benzene rings is 2. The second-order valence-electron chi connectivity index (χ2n) is 6.45. The molecule has 1 amide bonds. The smallest absolute Gasteiger partial charge is 0.262 e. The maximum atomic E-state index is 12.7. The predicted molar refractivity (Wildman–Crippen MR) is 111 cm³/mol. The van der Waals surface area contributed by atoms with Crippen molar-refractivity contribution in [1.29, 1.82) is 0 Å². The molecule has 0 fully saturated rings. The number of nitrogens with one attached hydrogen (secondary N) is 2. The molecule has 2 aromatic carbocycles. The van der Waals surface area contributed by atoms with Crippen LogP contribution < -0.4 is 10.9 Å². The summed E-state index contributed by atoms with van der Waals surface area (Å²) in [4.78, 5) is 28.2. The molecule has 3 rings (SSSR count). The molecular formula is C21H21N3O2S. The van der Waals surface area contributed by atoms with E-state index in [2.05, 4.69) is 16.9 Å². The van der Waals surface area contributed by atoms with Gasteiger partial charge in [0, 0.05) is 12.1 Å². The fourth-order valence-corrected chi connectivity index (χ4v) is 3.39. The van der Waals surface area contributed by atoms with Crippen LogP contribution in [0.15, 0.2) is 59.9 Å². The van der Waals surface area contributed by atoms with Crippen LogP contribution in [-0.2, 0) is 6.54 Å². The summed E-state index contributed by atoms with van der Waals surface area (Å²) in [7, 11) is 0. The average Bonchev–Trinajstić information content (AvgIpc) is 2.65. The number of nitrogens with zero attached hydrogens (tertiary/aromatic N) is 1. The van der Waals surface area contributed by atoms with Crippen molar-refractivity contribution in [2.24, 2.45) is 0 Å². The van der Waals surface area contributed by atoms with Crippen LogP contribution in [0, 0.1) is 11.7 Å². The van der Waals surface area contributed by atoms with Crippen molar-refractivity contribution in [2.45, 2.75) is 26.4 Å². The van der Waals surface area contributed by atoms with E-state index < -0.39 is 0 Å². The summed E-state index contributed by atoms with van der Waals surface area (Å²) in [5.41, 5.74) is 3.00. The minimum atomic E-state index is -0.206. The standard InChI is InChI=1S/C21H21N3O2S/c1-4-11-24-20(26)17-10-9-15(12-18(17)23-21(24)27)19(25)22-14(3)16-8-6-5-7-13(16)2/h4-10,12,14H,1,11H2,2-3H3,(H,22,25)(H,23,27). The number of aromatic amines is 1. The average molecular weight is 379 g/mol. The van der Waals surface area contributed by atoms with Gasteiger partial charge in [-0.3, -0.25) is 14.2 Å². The maximum absolute atomic E-state index is 12.7. The van der Waals surface area contributed by atoms with Crippen molar-refractivity contribution in [2.75, 3.05) is 0 Å². The molecule has 1 unspecified atom stereocenters. The number of carbonyl (C=O) groups is 1. The minimum Gasteiger partial charge on any atom is -0.346 e. The molecule has 27 heavy (non-hydrogen) atoms. The van der Waals surface area contributed by atoms with Crippen LogP contribution in [0.25, 0.3) is 10.9 Å². The highest BCUT2D eigenvalue weighted by Crippen LogP contribution is 2.18. The number of carbonyl (C=O) groups excluding carboxylic acids is 1. The van der Waals surface area contributed by atoms with E-state index in [1.54, 1.807) is 24.3 Å². The van der Waals surface area contributed by atoms with E-state index in [4.69, 9.17) is 12.2 Å². The molecule has 1 heterocycles. The van der Waals surface area contributed by atoms with Crippen LogP contribution in [0.4, 0.5) is 0 Å². The van der Waals surface area contributed by atoms with Crippen molar-refractivity contribution >= 4 is 29.0 Å². The molecular weight excluding hydrogens is 358 g/mol. The van der Waals surface area contributed by atoms with E-state index in [1.165, 1.54) is 4.57 Å². The Kier molecular flexibility index (Phi) is 5.37. The normalized spacial score (nSPS) is 11.9. The Morgan fingerprint density at radius 2 is 2.07 bits per heavy atom. The second-order valence-corrected chi connectivity index (χ2v) is 6.83. The molecule has 0 spiro atoms. The largest absolute Gasteiger partial charge is 0.346 e. The van der Waals surface area contributed by atoms with Crippen molar-refractivity contribution < 1.29 is 4.79 Å². The zero-order valence-electron chi connectivity index (χ0n) is 15.3. The molecule has 0 radical (unpaired) electrons. The molecule has 1 atom stereocenters. The van der Waals surface area contributed by atoms with Gasteiger partial charge in [-0.15, -0.1) is 6.58 Å². The number of allylic oxidation sites excluding steroid dienone is 1. The highest BCUT2D eigenvalue weighted by Gasteiger charge is 2.14. The highest BCUT2D eigenvalue weighted by molar-refractivity contribution is 7.71. The van der Waals surface area contributed by atoms with Crippen LogP contribution in [0.5, 0.6) is 0 Å². The van der Waals surface area contributed by atoms with E-state index in [1.807, 2.05) is 38.1 Å². The van der Waals surface area contributed by atoms with Gasteiger partial charge in [-0.25, -0.2) is 0 Å². The third-order valence-corrected chi connectivity index (χ3v) is 4.88. The maximum Gasteiger partial charge on any atom is 0.262 e. The van der Waals surface area contributed by atoms with E-state index in [9.17, 15) is 9.59 Å². The summed E-state index contributed by atoms with van der Waals surface area (Å²) in [5, 5.41) is 3.48. The number of rotatable bonds is 5. The van der Waals surface area contributed by atoms with Crippen LogP contribution in [-0.4, -0.2) is 15.5 Å². The van der Waals surface area contributed by atoms with Gasteiger partial charge < -0.3 is 10.3 Å². The predicted octanol–water partition coefficient (Wildman–Crippen LogP) is 4.04. The third-order valence-electron chi connectivity index (χ3n) is 4.56. The lowest BCUT2D eigenvalue weighted by molar-refractivity contribution is 0.0940. The first-order valence-corrected chi connectivity index (χ1v) is 9.07. The lowest BCUT2D eigenvalue weighted by Gasteiger charge is -2.17. The molecule has 6 heteroatoms. The first-order valence-electron chi connectivity index (χ1n) is 8.66. The molecule has 0 aliphatic heterocycles. The van der Waals surface area contributed by atoms with Crippen LogP contribution in [0.3, 0.4) is 0 Å². The molecule has 3 aromatic rings. The summed E-state index contributed by atoms with van der Waals surface area (Å²) in [6.45, 7) is 7.94. The zero-order valence-corrected chi connectivity index (χ0v) is 16.1. The Balaban J connectivity index is 1.93. The van der Waals surface area contributed by atoms with E-state index in [0.717, 1.165) is 11.1 Å². The molecule has 0 aliphatic rings. The van der Waals surface area contributed by atoms with Gasteiger partial charge in [-0.2, -0.15) is 0 Å². The topological polar surface area (TPSA) is 66.9 Å². The van der Waals surface area contributed by atoms with Crippen molar-refractivity contribution in [1.82, 2.24) is 14.9 Å². The Bertz CT molecular complexity index is 1140. The third kappa shape index (κ3) is 3.75. The van der Waals surface area contributed by atoms with Gasteiger partial charge in [-0.05, 0) is 55.4 Å². The van der Waals surface area contributed by atoms with Crippen LogP contribution in [0.1, 0.15) is 34.5 Å². The van der Waals surface area contributed by atoms with E-state index in [-0.39, 0.29) is 17.5 Å². The van der Waals surface area contributed by atoms with E-state index in [0.29, 0.717) is 27.8 Å². The summed E-state index contributed by atoms with van der Waals surface area (Å²) in [5.74, 6) is -0.206. The zero-order chi connectivity index (χ0) is 19.6. The Hall–Kier alpha value is -2.99. The van der Waals surface area contributed by atoms with Gasteiger partial charge in [0.05, 0.1) is 16.9 Å². The van der Waals surface area contributed by atoms with Gasteiger partial charge in [0.2, 0.25) is 0 Å². The van der Waals surface area contributed by atoms with Gasteiger partial charge in [-0.1, -0.05) is 30.3 Å². The van der Waals surface area contributed by atoms with Crippen molar-refractivity contribution in [3.63, 3.8) is 0 Å². The molecule has 5 nitrogen and oxygen atoms in total. The number of hydrogen-bond acceptors (Lipinski definition) is 3. The summed E-state index contributed by atoms with van der Waals surface area (Å²) >= 11 is 5.25. The quantitative estimate of drug-likeness (QED) is 0.519. The van der Waals surface area contributed by atoms with Gasteiger partial charge in [0.1, 0.15) is 0 Å². The number of aromatic nitrogens is 2. The van der Waals surface area contributed by atoms with Crippen LogP contribution in [0.2, 0.25) is 0 Å². The molecule has 0 saturated carbocycles. The Morgan fingerprint density at radius 1 is 1.33 bits per heavy atom. The molecule has 0 bridgehead atoms. The number of hydrogen-bond donors (Lipinski definition) is 2. The van der Waals surface area contributed by atoms with Crippen molar-refractivity contribution in [3.8, 4) is 0 Å². The van der Waals surface area contributed by atoms with Crippen LogP contribution >= 0.6 is 12.2 Å². The van der Waals surface area contributed by atoms with Gasteiger partial charge in [0.15, 0.2) is 4.77 Å². The highest BCUT2D eigenvalue weighted by atomic mass is 32.1. The SMILES string of the molecule is C=CCn1c(=S)[nH]c2cc(C(=O)NC(C)c3ccccc3C)ccc2c1=O. The first-order chi connectivity index (χ1) is 12.9. The second kappa shape index (κ2) is 7.72. The Labute approximate surface area is 162 Å². The van der Waals surface area contributed by atoms with Gasteiger partial charge in [0.25, 0.3) is 11.5 Å². The molecule has 0 saturated heterocycles. The van der Waals surface area contributed by atoms with E-state index >= 15 is 0 Å². The fraction of sp³-hybridized carbons (Fsp3) is 0.190. The van der Waals surface area contributed by atoms with Gasteiger partial charge >= 0.3 is 0 Å². The number of H-pyrrole nitrogens is 1. The minimum absolute atomic E-state index is 0.131. The number of aryl methyl sites for hydroxylation is 1. The first kappa shape index (κ1) is 18.8. The summed E-state index contributed by atoms with van der Waals surface area (Å²) < 4.78 is 1.74. The lowest BCUT2D eigenvalue weighted by Crippen LogP contribution is -2.27. The summed E-state index contributed by atoms with van der Waals surface area (Å²) in [6, 6.07) is 12.8. The monoisotopic (exact) mass is 379 g/mol. The lowest BCUT2D eigenvalue weighted by atomic mass is 10.0. The fourth-order valence-electron chi connectivity index (χ4n) is 3.12. The number of fused-ring (bicyclic) bond motifs is 1. The van der Waals surface area contributed by atoms with Crippen molar-refractivity contribution in [3.05, 3.63) is 86.9 Å². The molecule has 0 aliphatic carbocycles. The Morgan fingerprint density at radius 3 is 2.78 bits per heavy atom. The molecule has 1 aromatic heterocycles. The summed E-state index contributed by atoms with van der Waals surface area (Å²) in [6.07, 6.45) is 1.62. The molecule has 2 N–H and O–H groups in total. The molecule has 138 valence electrons.